The fraction of sp³-hybridized carbons (Fsp3) is 0.556. The smallest absolute Gasteiger partial charge is 0.410 e. The van der Waals surface area contributed by atoms with E-state index in [0.29, 0.717) is 36.6 Å². The normalized spacial score (nSPS) is 15.6. The maximum absolute atomic E-state index is 12.1. The van der Waals surface area contributed by atoms with Crippen molar-refractivity contribution in [1.82, 2.24) is 10.2 Å². The zero-order chi connectivity index (χ0) is 18.6. The number of likely N-dealkylation sites (tertiary alicyclic amines) is 1. The van der Waals surface area contributed by atoms with Crippen LogP contribution in [0, 0.1) is 6.92 Å². The maximum atomic E-state index is 12.1. The van der Waals surface area contributed by atoms with E-state index in [1.165, 1.54) is 0 Å². The van der Waals surface area contributed by atoms with Crippen LogP contribution in [0.1, 0.15) is 39.2 Å². The highest BCUT2D eigenvalue weighted by Gasteiger charge is 2.27. The second-order valence-electron chi connectivity index (χ2n) is 7.30. The molecule has 0 saturated carbocycles. The first kappa shape index (κ1) is 19.4. The molecule has 3 amide bonds. The minimum Gasteiger partial charge on any atom is -0.444 e. The number of nitrogens with zero attached hydrogens (tertiary/aromatic N) is 1. The van der Waals surface area contributed by atoms with Crippen LogP contribution in [0.5, 0.6) is 0 Å². The number of benzene rings is 1. The summed E-state index contributed by atoms with van der Waals surface area (Å²) in [5, 5.41) is 6.33. The summed E-state index contributed by atoms with van der Waals surface area (Å²) in [6, 6.07) is 5.15. The van der Waals surface area contributed by atoms with E-state index in [1.54, 1.807) is 11.0 Å². The van der Waals surface area contributed by atoms with Crippen LogP contribution in [0.4, 0.5) is 15.3 Å². The molecule has 1 aliphatic heterocycles. The Morgan fingerprint density at radius 1 is 1.24 bits per heavy atom. The second kappa shape index (κ2) is 7.95. The fourth-order valence-electron chi connectivity index (χ4n) is 2.56. The number of nitrogens with one attached hydrogen (secondary N) is 2. The summed E-state index contributed by atoms with van der Waals surface area (Å²) in [6.45, 7) is 8.58. The number of urea groups is 1. The Labute approximate surface area is 153 Å². The van der Waals surface area contributed by atoms with E-state index in [-0.39, 0.29) is 18.2 Å². The van der Waals surface area contributed by atoms with E-state index in [2.05, 4.69) is 10.6 Å². The number of aryl methyl sites for hydroxylation is 1. The fourth-order valence-corrected chi connectivity index (χ4v) is 2.74. The molecule has 1 heterocycles. The van der Waals surface area contributed by atoms with Crippen molar-refractivity contribution in [1.29, 1.82) is 0 Å². The number of halogens is 1. The summed E-state index contributed by atoms with van der Waals surface area (Å²) >= 11 is 6.06. The molecule has 0 atom stereocenters. The van der Waals surface area contributed by atoms with Crippen molar-refractivity contribution in [3.8, 4) is 0 Å². The van der Waals surface area contributed by atoms with E-state index in [9.17, 15) is 9.59 Å². The van der Waals surface area contributed by atoms with Crippen LogP contribution in [0.25, 0.3) is 0 Å². The van der Waals surface area contributed by atoms with Crippen LogP contribution in [0.15, 0.2) is 18.2 Å². The van der Waals surface area contributed by atoms with Crippen molar-refractivity contribution >= 4 is 29.4 Å². The Balaban J connectivity index is 1.78. The molecular weight excluding hydrogens is 342 g/mol. The first-order valence-electron chi connectivity index (χ1n) is 8.45. The van der Waals surface area contributed by atoms with Gasteiger partial charge in [0, 0.05) is 29.8 Å². The largest absolute Gasteiger partial charge is 0.444 e. The lowest BCUT2D eigenvalue weighted by Crippen LogP contribution is -2.48. The number of carbonyl (C=O) groups is 2. The van der Waals surface area contributed by atoms with Crippen LogP contribution in [0.3, 0.4) is 0 Å². The highest BCUT2D eigenvalue weighted by atomic mass is 35.5. The molecular formula is C18H26ClN3O3. The van der Waals surface area contributed by atoms with E-state index in [0.717, 1.165) is 5.56 Å². The molecule has 0 aromatic heterocycles. The number of amides is 3. The Hall–Kier alpha value is -1.95. The second-order valence-corrected chi connectivity index (χ2v) is 7.71. The molecule has 1 fully saturated rings. The van der Waals surface area contributed by atoms with Gasteiger partial charge in [-0.3, -0.25) is 0 Å². The van der Waals surface area contributed by atoms with Crippen molar-refractivity contribution in [3.05, 3.63) is 28.8 Å². The van der Waals surface area contributed by atoms with Crippen molar-refractivity contribution in [2.75, 3.05) is 18.4 Å². The number of hydrogen-bond donors (Lipinski definition) is 2. The van der Waals surface area contributed by atoms with Gasteiger partial charge in [0.05, 0.1) is 0 Å². The molecule has 2 N–H and O–H groups in total. The van der Waals surface area contributed by atoms with Gasteiger partial charge in [0.1, 0.15) is 5.60 Å². The molecule has 1 aliphatic rings. The third-order valence-corrected chi connectivity index (χ3v) is 4.32. The number of anilines is 1. The summed E-state index contributed by atoms with van der Waals surface area (Å²) < 4.78 is 5.37. The van der Waals surface area contributed by atoms with Crippen LogP contribution >= 0.6 is 11.6 Å². The van der Waals surface area contributed by atoms with Crippen molar-refractivity contribution in [2.45, 2.75) is 52.2 Å². The molecule has 0 radical (unpaired) electrons. The monoisotopic (exact) mass is 367 g/mol. The molecule has 6 nitrogen and oxygen atoms in total. The third-order valence-electron chi connectivity index (χ3n) is 3.91. The molecule has 1 aromatic carbocycles. The highest BCUT2D eigenvalue weighted by molar-refractivity contribution is 6.31. The van der Waals surface area contributed by atoms with Crippen molar-refractivity contribution in [3.63, 3.8) is 0 Å². The number of piperidine rings is 1. The van der Waals surface area contributed by atoms with Crippen LogP contribution in [0.2, 0.25) is 5.02 Å². The average Bonchev–Trinajstić information content (AvgIpc) is 2.50. The van der Waals surface area contributed by atoms with E-state index >= 15 is 0 Å². The molecule has 0 bridgehead atoms. The summed E-state index contributed by atoms with van der Waals surface area (Å²) in [5.41, 5.74) is 1.11. The molecule has 1 saturated heterocycles. The molecule has 25 heavy (non-hydrogen) atoms. The lowest BCUT2D eigenvalue weighted by Gasteiger charge is -2.33. The van der Waals surface area contributed by atoms with Crippen molar-refractivity contribution in [2.24, 2.45) is 0 Å². The zero-order valence-corrected chi connectivity index (χ0v) is 15.9. The molecule has 0 aliphatic carbocycles. The van der Waals surface area contributed by atoms with Gasteiger partial charge in [-0.25, -0.2) is 9.59 Å². The van der Waals surface area contributed by atoms with E-state index < -0.39 is 5.60 Å². The van der Waals surface area contributed by atoms with Gasteiger partial charge in [-0.05, 0) is 58.2 Å². The Kier molecular flexibility index (Phi) is 6.16. The highest BCUT2D eigenvalue weighted by Crippen LogP contribution is 2.20. The summed E-state index contributed by atoms with van der Waals surface area (Å²) in [7, 11) is 0. The average molecular weight is 368 g/mol. The lowest BCUT2D eigenvalue weighted by atomic mass is 10.1. The zero-order valence-electron chi connectivity index (χ0n) is 15.2. The minimum absolute atomic E-state index is 0.0274. The van der Waals surface area contributed by atoms with E-state index in [4.69, 9.17) is 16.3 Å². The maximum Gasteiger partial charge on any atom is 0.410 e. The number of carbonyl (C=O) groups excluding carboxylic acids is 2. The lowest BCUT2D eigenvalue weighted by molar-refractivity contribution is 0.0202. The topological polar surface area (TPSA) is 70.7 Å². The predicted octanol–water partition coefficient (Wildman–Crippen LogP) is 4.17. The van der Waals surface area contributed by atoms with Crippen LogP contribution in [-0.4, -0.2) is 41.8 Å². The summed E-state index contributed by atoms with van der Waals surface area (Å²) in [5.74, 6) is 0. The van der Waals surface area contributed by atoms with Gasteiger partial charge in [0.25, 0.3) is 0 Å². The Bertz CT molecular complexity index is 635. The number of ether oxygens (including phenoxy) is 1. The standard InChI is InChI=1S/C18H26ClN3O3/c1-12-5-6-14(11-15(12)19)21-16(23)20-13-7-9-22(10-8-13)17(24)25-18(2,3)4/h5-6,11,13H,7-10H2,1-4H3,(H2,20,21,23). The van der Waals surface area contributed by atoms with Crippen molar-refractivity contribution < 1.29 is 14.3 Å². The summed E-state index contributed by atoms with van der Waals surface area (Å²) in [4.78, 5) is 25.8. The van der Waals surface area contributed by atoms with Gasteiger partial charge in [0.15, 0.2) is 0 Å². The number of hydrogen-bond acceptors (Lipinski definition) is 3. The van der Waals surface area contributed by atoms with E-state index in [1.807, 2.05) is 39.8 Å². The molecule has 2 rings (SSSR count). The third kappa shape index (κ3) is 6.12. The molecule has 1 aromatic rings. The minimum atomic E-state index is -0.499. The first-order valence-corrected chi connectivity index (χ1v) is 8.83. The van der Waals surface area contributed by atoms with Crippen LogP contribution in [-0.2, 0) is 4.74 Å². The van der Waals surface area contributed by atoms with Gasteiger partial charge >= 0.3 is 12.1 Å². The molecule has 0 unspecified atom stereocenters. The predicted molar refractivity (Wildman–Crippen MR) is 99.2 cm³/mol. The van der Waals surface area contributed by atoms with Gasteiger partial charge < -0.3 is 20.3 Å². The SMILES string of the molecule is Cc1ccc(NC(=O)NC2CCN(C(=O)OC(C)(C)C)CC2)cc1Cl. The molecule has 138 valence electrons. The summed E-state index contributed by atoms with van der Waals surface area (Å²) in [6.07, 6.45) is 1.09. The Morgan fingerprint density at radius 2 is 1.88 bits per heavy atom. The first-order chi connectivity index (χ1) is 11.6. The molecule has 0 spiro atoms. The quantitative estimate of drug-likeness (QED) is 0.824. The molecule has 7 heteroatoms. The Morgan fingerprint density at radius 3 is 2.44 bits per heavy atom. The van der Waals surface area contributed by atoms with Gasteiger partial charge in [-0.2, -0.15) is 0 Å². The van der Waals surface area contributed by atoms with Gasteiger partial charge in [-0.1, -0.05) is 17.7 Å². The van der Waals surface area contributed by atoms with Crippen LogP contribution < -0.4 is 10.6 Å². The number of rotatable bonds is 2. The van der Waals surface area contributed by atoms with Gasteiger partial charge in [-0.15, -0.1) is 0 Å². The van der Waals surface area contributed by atoms with Gasteiger partial charge in [0.2, 0.25) is 0 Å².